The van der Waals surface area contributed by atoms with Crippen LogP contribution in [0.15, 0.2) is 18.2 Å². The molecule has 0 aromatic heterocycles. The van der Waals surface area contributed by atoms with E-state index in [1.165, 1.54) is 6.92 Å². The van der Waals surface area contributed by atoms with E-state index in [1.807, 2.05) is 26.8 Å². The van der Waals surface area contributed by atoms with Crippen LogP contribution >= 0.6 is 0 Å². The Balaban J connectivity index is 2.89. The first-order valence-electron chi connectivity index (χ1n) is 6.40. The lowest BCUT2D eigenvalue weighted by molar-refractivity contribution is -0.127. The molecule has 0 saturated carbocycles. The number of amides is 1. The first kappa shape index (κ1) is 15.2. The highest BCUT2D eigenvalue weighted by molar-refractivity contribution is 5.97. The van der Waals surface area contributed by atoms with Gasteiger partial charge in [0.15, 0.2) is 11.9 Å². The Morgan fingerprint density at radius 2 is 1.84 bits per heavy atom. The number of Topliss-reactive ketones (excluding diaryl/α,β-unsaturated/α-hetero) is 1. The van der Waals surface area contributed by atoms with Crippen molar-refractivity contribution in [3.05, 3.63) is 29.3 Å². The fraction of sp³-hybridized carbons (Fsp3) is 0.467. The summed E-state index contributed by atoms with van der Waals surface area (Å²) in [7, 11) is 0. The molecule has 0 fully saturated rings. The van der Waals surface area contributed by atoms with E-state index in [1.54, 1.807) is 19.1 Å². The van der Waals surface area contributed by atoms with Gasteiger partial charge in [-0.1, -0.05) is 6.07 Å². The van der Waals surface area contributed by atoms with Crippen LogP contribution < -0.4 is 10.1 Å². The molecule has 0 saturated heterocycles. The van der Waals surface area contributed by atoms with E-state index in [9.17, 15) is 9.59 Å². The number of aryl methyl sites for hydroxylation is 1. The number of carbonyl (C=O) groups is 2. The van der Waals surface area contributed by atoms with Crippen molar-refractivity contribution >= 4 is 11.7 Å². The molecular formula is C15H21NO3. The van der Waals surface area contributed by atoms with Gasteiger partial charge in [-0.3, -0.25) is 9.59 Å². The van der Waals surface area contributed by atoms with E-state index in [-0.39, 0.29) is 17.7 Å². The highest BCUT2D eigenvalue weighted by Crippen LogP contribution is 2.22. The van der Waals surface area contributed by atoms with Gasteiger partial charge in [-0.15, -0.1) is 0 Å². The topological polar surface area (TPSA) is 55.4 Å². The molecule has 0 aliphatic heterocycles. The van der Waals surface area contributed by atoms with Gasteiger partial charge in [0.1, 0.15) is 5.75 Å². The average Bonchev–Trinajstić information content (AvgIpc) is 2.27. The number of rotatable bonds is 5. The van der Waals surface area contributed by atoms with Crippen LogP contribution in [0.1, 0.15) is 43.6 Å². The summed E-state index contributed by atoms with van der Waals surface area (Å²) in [6.07, 6.45) is -0.637. The molecule has 0 heterocycles. The molecule has 0 spiro atoms. The Labute approximate surface area is 114 Å². The van der Waals surface area contributed by atoms with Gasteiger partial charge < -0.3 is 10.1 Å². The Hall–Kier alpha value is -1.84. The number of ether oxygens (including phenoxy) is 1. The first-order chi connectivity index (χ1) is 8.81. The van der Waals surface area contributed by atoms with Gasteiger partial charge in [0, 0.05) is 6.04 Å². The van der Waals surface area contributed by atoms with Crippen LogP contribution in [-0.4, -0.2) is 23.8 Å². The minimum absolute atomic E-state index is 0.0586. The van der Waals surface area contributed by atoms with Crippen LogP contribution in [0.25, 0.3) is 0 Å². The molecule has 4 heteroatoms. The van der Waals surface area contributed by atoms with Crippen LogP contribution in [0.2, 0.25) is 0 Å². The fourth-order valence-corrected chi connectivity index (χ4v) is 1.66. The van der Waals surface area contributed by atoms with E-state index < -0.39 is 6.10 Å². The number of carbonyl (C=O) groups excluding carboxylic acids is 2. The molecule has 1 amide bonds. The van der Waals surface area contributed by atoms with Crippen LogP contribution in [0.5, 0.6) is 5.75 Å². The second-order valence-corrected chi connectivity index (χ2v) is 4.98. The molecule has 1 rings (SSSR count). The highest BCUT2D eigenvalue weighted by Gasteiger charge is 2.18. The highest BCUT2D eigenvalue weighted by atomic mass is 16.5. The van der Waals surface area contributed by atoms with Gasteiger partial charge >= 0.3 is 0 Å². The molecule has 0 bridgehead atoms. The van der Waals surface area contributed by atoms with Crippen LogP contribution in [-0.2, 0) is 4.79 Å². The second-order valence-electron chi connectivity index (χ2n) is 4.98. The van der Waals surface area contributed by atoms with Crippen molar-refractivity contribution in [2.45, 2.75) is 46.8 Å². The fourth-order valence-electron chi connectivity index (χ4n) is 1.66. The maximum atomic E-state index is 11.8. The Morgan fingerprint density at radius 1 is 1.21 bits per heavy atom. The molecule has 0 radical (unpaired) electrons. The zero-order valence-corrected chi connectivity index (χ0v) is 12.1. The Kier molecular flexibility index (Phi) is 5.10. The lowest BCUT2D eigenvalue weighted by Crippen LogP contribution is -2.40. The average molecular weight is 263 g/mol. The van der Waals surface area contributed by atoms with Gasteiger partial charge in [-0.05, 0) is 52.3 Å². The van der Waals surface area contributed by atoms with Crippen LogP contribution in [0.4, 0.5) is 0 Å². The standard InChI is InChI=1S/C15H21NO3/c1-9(2)16-15(18)12(5)19-14-8-10(3)6-7-13(14)11(4)17/h6-9,12H,1-5H3,(H,16,18). The molecule has 1 unspecified atom stereocenters. The summed E-state index contributed by atoms with van der Waals surface area (Å²) in [6, 6.07) is 5.40. The summed E-state index contributed by atoms with van der Waals surface area (Å²) in [6.45, 7) is 8.84. The molecule has 0 aliphatic carbocycles. The Bertz CT molecular complexity index is 480. The maximum absolute atomic E-state index is 11.8. The number of benzene rings is 1. The summed E-state index contributed by atoms with van der Waals surface area (Å²) >= 11 is 0. The number of hydrogen-bond donors (Lipinski definition) is 1. The maximum Gasteiger partial charge on any atom is 0.260 e. The predicted molar refractivity (Wildman–Crippen MR) is 74.6 cm³/mol. The van der Waals surface area contributed by atoms with Gasteiger partial charge in [0.25, 0.3) is 5.91 Å². The summed E-state index contributed by atoms with van der Waals surface area (Å²) in [5.74, 6) is 0.191. The van der Waals surface area contributed by atoms with Crippen molar-refractivity contribution < 1.29 is 14.3 Å². The number of ketones is 1. The molecule has 0 aliphatic rings. The summed E-state index contributed by atoms with van der Waals surface area (Å²) in [5, 5.41) is 2.78. The lowest BCUT2D eigenvalue weighted by atomic mass is 10.1. The monoisotopic (exact) mass is 263 g/mol. The largest absolute Gasteiger partial charge is 0.480 e. The summed E-state index contributed by atoms with van der Waals surface area (Å²) in [4.78, 5) is 23.3. The molecule has 1 atom stereocenters. The molecular weight excluding hydrogens is 242 g/mol. The van der Waals surface area contributed by atoms with Gasteiger partial charge in [0.05, 0.1) is 5.56 Å². The van der Waals surface area contributed by atoms with Crippen molar-refractivity contribution in [3.8, 4) is 5.75 Å². The summed E-state index contributed by atoms with van der Waals surface area (Å²) < 4.78 is 5.62. The molecule has 1 aromatic carbocycles. The molecule has 4 nitrogen and oxygen atoms in total. The molecule has 19 heavy (non-hydrogen) atoms. The van der Waals surface area contributed by atoms with Gasteiger partial charge in [0.2, 0.25) is 0 Å². The van der Waals surface area contributed by atoms with Crippen molar-refractivity contribution in [2.75, 3.05) is 0 Å². The van der Waals surface area contributed by atoms with Crippen molar-refractivity contribution in [3.63, 3.8) is 0 Å². The van der Waals surface area contributed by atoms with Gasteiger partial charge in [-0.25, -0.2) is 0 Å². The lowest BCUT2D eigenvalue weighted by Gasteiger charge is -2.18. The quantitative estimate of drug-likeness (QED) is 0.830. The van der Waals surface area contributed by atoms with E-state index in [0.29, 0.717) is 11.3 Å². The molecule has 1 N–H and O–H groups in total. The van der Waals surface area contributed by atoms with Crippen LogP contribution in [0, 0.1) is 6.92 Å². The number of nitrogens with one attached hydrogen (secondary N) is 1. The van der Waals surface area contributed by atoms with Crippen molar-refractivity contribution in [2.24, 2.45) is 0 Å². The van der Waals surface area contributed by atoms with Crippen LogP contribution in [0.3, 0.4) is 0 Å². The minimum atomic E-state index is -0.637. The minimum Gasteiger partial charge on any atom is -0.480 e. The second kappa shape index (κ2) is 6.36. The first-order valence-corrected chi connectivity index (χ1v) is 6.40. The normalized spacial score (nSPS) is 12.1. The molecule has 104 valence electrons. The van der Waals surface area contributed by atoms with E-state index in [0.717, 1.165) is 5.56 Å². The zero-order valence-electron chi connectivity index (χ0n) is 12.1. The zero-order chi connectivity index (χ0) is 14.6. The third-order valence-electron chi connectivity index (χ3n) is 2.62. The smallest absolute Gasteiger partial charge is 0.260 e. The number of hydrogen-bond acceptors (Lipinski definition) is 3. The predicted octanol–water partition coefficient (Wildman–Crippen LogP) is 2.49. The third-order valence-corrected chi connectivity index (χ3v) is 2.62. The van der Waals surface area contributed by atoms with Gasteiger partial charge in [-0.2, -0.15) is 0 Å². The van der Waals surface area contributed by atoms with Crippen molar-refractivity contribution in [1.29, 1.82) is 0 Å². The van der Waals surface area contributed by atoms with Crippen molar-refractivity contribution in [1.82, 2.24) is 5.32 Å². The Morgan fingerprint density at radius 3 is 2.37 bits per heavy atom. The van der Waals surface area contributed by atoms with E-state index in [4.69, 9.17) is 4.74 Å². The van der Waals surface area contributed by atoms with E-state index in [2.05, 4.69) is 5.32 Å². The van der Waals surface area contributed by atoms with E-state index >= 15 is 0 Å². The summed E-state index contributed by atoms with van der Waals surface area (Å²) in [5.41, 5.74) is 1.48. The third kappa shape index (κ3) is 4.39. The molecule has 1 aromatic rings. The SMILES string of the molecule is CC(=O)c1ccc(C)cc1OC(C)C(=O)NC(C)C.